The van der Waals surface area contributed by atoms with Crippen molar-refractivity contribution in [3.63, 3.8) is 0 Å². The summed E-state index contributed by atoms with van der Waals surface area (Å²) in [5, 5.41) is 24.9. The normalized spacial score (nSPS) is 12.9. The maximum atomic E-state index is 5.20. The van der Waals surface area contributed by atoms with E-state index >= 15 is 0 Å². The van der Waals surface area contributed by atoms with E-state index in [0.29, 0.717) is 26.2 Å². The molecule has 10 aromatic rings. The monoisotopic (exact) mass is 774 g/mol. The Kier molecular flexibility index (Phi) is 9.00. The molecule has 1 aliphatic rings. The lowest BCUT2D eigenvalue weighted by molar-refractivity contribution is 0.965. The maximum Gasteiger partial charge on any atom is 0.0598 e. The first-order valence-corrected chi connectivity index (χ1v) is 20.7. The number of fused-ring (bicyclic) bond motifs is 18. The van der Waals surface area contributed by atoms with Crippen LogP contribution in [0.1, 0.15) is 22.8 Å². The van der Waals surface area contributed by atoms with Crippen LogP contribution in [-0.2, 0) is 26.2 Å². The minimum absolute atomic E-state index is 0.565. The number of aromatic nitrogens is 2. The highest BCUT2D eigenvalue weighted by molar-refractivity contribution is 6.15. The van der Waals surface area contributed by atoms with Crippen LogP contribution in [0.15, 0.2) is 182 Å². The number of rotatable bonds is 0. The van der Waals surface area contributed by atoms with Crippen LogP contribution in [0, 0.1) is 0 Å². The predicted molar refractivity (Wildman–Crippen MR) is 252 cm³/mol. The summed E-state index contributed by atoms with van der Waals surface area (Å²) in [7, 11) is 0. The molecule has 0 saturated carbocycles. The Labute approximate surface area is 349 Å². The number of hydrogen-bond acceptors (Lipinski definition) is 6. The molecule has 0 spiro atoms. The lowest BCUT2D eigenvalue weighted by Gasteiger charge is -2.22. The summed E-state index contributed by atoms with van der Waals surface area (Å²) >= 11 is 0. The summed E-state index contributed by atoms with van der Waals surface area (Å²) in [5.41, 5.74) is 12.7. The fourth-order valence-corrected chi connectivity index (χ4v) is 8.95. The zero-order chi connectivity index (χ0) is 39.8. The molecule has 0 saturated heterocycles. The zero-order valence-corrected chi connectivity index (χ0v) is 33.0. The molecule has 6 nitrogen and oxygen atoms in total. The van der Waals surface area contributed by atoms with Crippen molar-refractivity contribution in [2.75, 3.05) is 21.3 Å². The second kappa shape index (κ2) is 15.2. The quantitative estimate of drug-likeness (QED) is 0.123. The molecule has 4 N–H and O–H groups in total. The van der Waals surface area contributed by atoms with Gasteiger partial charge in [0.25, 0.3) is 0 Å². The Morgan fingerprint density at radius 2 is 0.500 bits per heavy atom. The molecule has 0 atom stereocenters. The lowest BCUT2D eigenvalue weighted by atomic mass is 9.91. The number of benzene rings is 8. The van der Waals surface area contributed by atoms with Gasteiger partial charge in [0.05, 0.1) is 49.0 Å². The van der Waals surface area contributed by atoms with Gasteiger partial charge in [0.1, 0.15) is 0 Å². The van der Waals surface area contributed by atoms with E-state index in [2.05, 4.69) is 203 Å². The van der Waals surface area contributed by atoms with Gasteiger partial charge in [0, 0.05) is 45.0 Å². The van der Waals surface area contributed by atoms with E-state index in [1.807, 2.05) is 0 Å². The van der Waals surface area contributed by atoms with Crippen LogP contribution in [0.5, 0.6) is 0 Å². The van der Waals surface area contributed by atoms with Crippen molar-refractivity contribution in [3.05, 3.63) is 205 Å². The number of anilines is 4. The van der Waals surface area contributed by atoms with E-state index in [0.717, 1.165) is 67.8 Å². The number of nitrogens with one attached hydrogen (secondary N) is 4. The summed E-state index contributed by atoms with van der Waals surface area (Å²) in [6.07, 6.45) is 0. The topological polar surface area (TPSA) is 73.9 Å². The average molecular weight is 775 g/mol. The third kappa shape index (κ3) is 6.58. The van der Waals surface area contributed by atoms with Crippen molar-refractivity contribution in [1.82, 2.24) is 9.97 Å². The van der Waals surface area contributed by atoms with Gasteiger partial charge in [0.2, 0.25) is 0 Å². The average Bonchev–Trinajstić information content (AvgIpc) is 3.30. The molecule has 0 fully saturated rings. The van der Waals surface area contributed by atoms with E-state index in [-0.39, 0.29) is 0 Å². The van der Waals surface area contributed by atoms with E-state index < -0.39 is 0 Å². The molecule has 8 aromatic carbocycles. The van der Waals surface area contributed by atoms with E-state index in [1.165, 1.54) is 43.1 Å². The van der Waals surface area contributed by atoms with Crippen molar-refractivity contribution in [3.8, 4) is 22.3 Å². The van der Waals surface area contributed by atoms with Crippen LogP contribution < -0.4 is 21.3 Å². The summed E-state index contributed by atoms with van der Waals surface area (Å²) in [6, 6.07) is 65.0. The molecule has 0 radical (unpaired) electrons. The molecule has 0 aliphatic carbocycles. The van der Waals surface area contributed by atoms with Gasteiger partial charge in [-0.3, -0.25) is 9.97 Å². The SMILES string of the molecule is c1cc2nc(c1)CNc1ccc3ccccc3c1-c1c(ccc3ccccc13)NCc1cccc(n1)CNc1ccc3ccccc3c1-c1c(ccc3ccccc13)NC2. The second-order valence-corrected chi connectivity index (χ2v) is 15.5. The fourth-order valence-electron chi connectivity index (χ4n) is 8.95. The number of pyridine rings is 2. The molecule has 60 heavy (non-hydrogen) atoms. The van der Waals surface area contributed by atoms with E-state index in [9.17, 15) is 0 Å². The molecule has 288 valence electrons. The first-order chi connectivity index (χ1) is 29.7. The molecule has 1 aliphatic heterocycles. The Bertz CT molecular complexity index is 2820. The third-order valence-electron chi connectivity index (χ3n) is 11.8. The maximum absolute atomic E-state index is 5.20. The number of hydrogen-bond donors (Lipinski definition) is 4. The Hall–Kier alpha value is -7.70. The summed E-state index contributed by atoms with van der Waals surface area (Å²) < 4.78 is 0. The largest absolute Gasteiger partial charge is 0.379 e. The Balaban J connectivity index is 1.08. The highest BCUT2D eigenvalue weighted by atomic mass is 15.0. The fraction of sp³-hybridized carbons (Fsp3) is 0.0741. The molecule has 2 aromatic heterocycles. The molecule has 0 unspecified atom stereocenters. The van der Waals surface area contributed by atoms with Crippen LogP contribution in [0.25, 0.3) is 65.3 Å². The van der Waals surface area contributed by atoms with Gasteiger partial charge < -0.3 is 21.3 Å². The summed E-state index contributed by atoms with van der Waals surface area (Å²) in [5.74, 6) is 0. The third-order valence-corrected chi connectivity index (χ3v) is 11.8. The van der Waals surface area contributed by atoms with Crippen LogP contribution in [0.2, 0.25) is 0 Å². The minimum Gasteiger partial charge on any atom is -0.379 e. The molecule has 11 rings (SSSR count). The highest BCUT2D eigenvalue weighted by Gasteiger charge is 2.20. The van der Waals surface area contributed by atoms with Crippen LogP contribution in [-0.4, -0.2) is 9.97 Å². The second-order valence-electron chi connectivity index (χ2n) is 15.5. The van der Waals surface area contributed by atoms with Gasteiger partial charge in [-0.1, -0.05) is 133 Å². The van der Waals surface area contributed by atoms with Crippen LogP contribution >= 0.6 is 0 Å². The number of nitrogens with zero attached hydrogens (tertiary/aromatic N) is 2. The zero-order valence-electron chi connectivity index (χ0n) is 33.0. The molecule has 4 bridgehead atoms. The Morgan fingerprint density at radius 3 is 0.767 bits per heavy atom. The summed E-state index contributed by atoms with van der Waals surface area (Å²) in [6.45, 7) is 2.26. The minimum atomic E-state index is 0.565. The van der Waals surface area contributed by atoms with Crippen molar-refractivity contribution in [1.29, 1.82) is 0 Å². The van der Waals surface area contributed by atoms with E-state index in [4.69, 9.17) is 9.97 Å². The molecule has 0 amide bonds. The van der Waals surface area contributed by atoms with Gasteiger partial charge in [-0.15, -0.1) is 0 Å². The highest BCUT2D eigenvalue weighted by Crippen LogP contribution is 2.45. The van der Waals surface area contributed by atoms with Gasteiger partial charge in [0.15, 0.2) is 0 Å². The van der Waals surface area contributed by atoms with Gasteiger partial charge >= 0.3 is 0 Å². The van der Waals surface area contributed by atoms with Crippen molar-refractivity contribution >= 4 is 65.8 Å². The Morgan fingerprint density at radius 1 is 0.250 bits per heavy atom. The van der Waals surface area contributed by atoms with Gasteiger partial charge in [-0.05, 0) is 91.6 Å². The predicted octanol–water partition coefficient (Wildman–Crippen LogP) is 13.2. The molecule has 6 heteroatoms. The smallest absolute Gasteiger partial charge is 0.0598 e. The lowest BCUT2D eigenvalue weighted by Crippen LogP contribution is -2.10. The summed E-state index contributed by atoms with van der Waals surface area (Å²) in [4.78, 5) is 10.4. The van der Waals surface area contributed by atoms with Crippen molar-refractivity contribution in [2.24, 2.45) is 0 Å². The van der Waals surface area contributed by atoms with E-state index in [1.54, 1.807) is 0 Å². The van der Waals surface area contributed by atoms with Crippen LogP contribution in [0.4, 0.5) is 22.7 Å². The first-order valence-electron chi connectivity index (χ1n) is 20.7. The van der Waals surface area contributed by atoms with Gasteiger partial charge in [-0.25, -0.2) is 0 Å². The molecular formula is C54H42N6. The van der Waals surface area contributed by atoms with Crippen LogP contribution in [0.3, 0.4) is 0 Å². The molecular weight excluding hydrogens is 733 g/mol. The molecule has 3 heterocycles. The van der Waals surface area contributed by atoms with Crippen molar-refractivity contribution in [2.45, 2.75) is 26.2 Å². The first kappa shape index (κ1) is 35.5. The van der Waals surface area contributed by atoms with Gasteiger partial charge in [-0.2, -0.15) is 0 Å². The van der Waals surface area contributed by atoms with Crippen molar-refractivity contribution < 1.29 is 0 Å². The standard InChI is InChI=1S/C54H42N6/c1-5-19-43-35(11-1)23-27-47-51(43)52-44-20-6-2-12-36(44)24-28-48(52)56-32-40-16-10-18-42(60-40)34-58-50-30-26-38-14-4-8-22-46(38)54(50)53-45-21-7-3-13-37(45)25-29-49(53)57-33-41-17-9-15-39(59-41)31-55-47/h1-30,55-58H,31-34H2.